The van der Waals surface area contributed by atoms with E-state index < -0.39 is 48.3 Å². The molecule has 0 amide bonds. The Labute approximate surface area is 131 Å². The molecule has 0 heterocycles. The van der Waals surface area contributed by atoms with Crippen molar-refractivity contribution in [3.63, 3.8) is 0 Å². The van der Waals surface area contributed by atoms with Gasteiger partial charge in [-0.1, -0.05) is 0 Å². The molecule has 0 bridgehead atoms. The molecule has 4 nitrogen and oxygen atoms in total. The van der Waals surface area contributed by atoms with Gasteiger partial charge in [0.1, 0.15) is 0 Å². The maximum Gasteiger partial charge on any atom is 2.00 e. The summed E-state index contributed by atoms with van der Waals surface area (Å²) in [7, 11) is 0. The van der Waals surface area contributed by atoms with Gasteiger partial charge in [-0.3, -0.25) is 19.2 Å². The number of alkyl halides is 6. The fraction of sp³-hybridized carbons (Fsp3) is 0.600. The van der Waals surface area contributed by atoms with Gasteiger partial charge in [0.15, 0.2) is 12.8 Å². The number of rotatable bonds is 4. The maximum atomic E-state index is 11.4. The minimum atomic E-state index is -4.72. The van der Waals surface area contributed by atoms with Gasteiger partial charge in [-0.05, 0) is 0 Å². The molecule has 0 unspecified atom stereocenters. The molecule has 0 saturated heterocycles. The Morgan fingerprint density at radius 2 is 0.857 bits per heavy atom. The Hall–Kier alpha value is -0.974. The number of ketones is 4. The summed E-state index contributed by atoms with van der Waals surface area (Å²) >= 11 is 0. The molecule has 0 atom stereocenters. The summed E-state index contributed by atoms with van der Waals surface area (Å²) in [6.07, 6.45) is -11.1. The average Bonchev–Trinajstić information content (AvgIpc) is 2.13. The first-order valence-electron chi connectivity index (χ1n) is 4.94. The molecular formula is C10H14F6MgO4+6. The van der Waals surface area contributed by atoms with Crippen molar-refractivity contribution in [1.29, 1.82) is 0 Å². The topological polar surface area (TPSA) is 85.6 Å². The molecule has 116 valence electrons. The first-order chi connectivity index (χ1) is 8.67. The fourth-order valence-electron chi connectivity index (χ4n) is 0.685. The normalized spacial score (nSPS) is 10.7. The molecule has 0 fully saturated rings. The molecule has 0 radical (unpaired) electrons. The zero-order valence-electron chi connectivity index (χ0n) is 11.2. The van der Waals surface area contributed by atoms with Crippen LogP contribution in [0.4, 0.5) is 26.3 Å². The van der Waals surface area contributed by atoms with E-state index in [1.165, 1.54) is 0 Å². The quantitative estimate of drug-likeness (QED) is 0.324. The predicted molar refractivity (Wildman–Crippen MR) is 66.2 cm³/mol. The standard InChI is InChI=1S/2C5H5F3O2.Mg/c2*1-3(9)2-4(10)5(6,7)8;/h2*2H2,1H3;/q;;+2/p+4. The molecule has 0 aliphatic heterocycles. The van der Waals surface area contributed by atoms with Crippen LogP contribution in [0.15, 0.2) is 0 Å². The van der Waals surface area contributed by atoms with E-state index in [1.807, 2.05) is 0 Å². The average molecular weight is 337 g/mol. The van der Waals surface area contributed by atoms with E-state index in [2.05, 4.69) is 0 Å². The van der Waals surface area contributed by atoms with Crippen LogP contribution in [0.1, 0.15) is 26.7 Å². The largest absolute Gasteiger partial charge is 2.00 e. The van der Waals surface area contributed by atoms with Crippen molar-refractivity contribution in [3.8, 4) is 0 Å². The van der Waals surface area contributed by atoms with Crippen LogP contribution in [0.3, 0.4) is 0 Å². The predicted octanol–water partition coefficient (Wildman–Crippen LogP) is 1.72. The Morgan fingerprint density at radius 3 is 0.905 bits per heavy atom. The molecule has 11 heteroatoms. The van der Waals surface area contributed by atoms with Gasteiger partial charge in [0.2, 0.25) is 0 Å². The Kier molecular flexibility index (Phi) is 11.8. The summed E-state index contributed by atoms with van der Waals surface area (Å²) in [6.45, 7) is 2.17. The van der Waals surface area contributed by atoms with Gasteiger partial charge in [0.05, 0.1) is 0 Å². The van der Waals surface area contributed by atoms with Gasteiger partial charge in [0, 0.05) is 13.8 Å². The van der Waals surface area contributed by atoms with E-state index in [-0.39, 0.29) is 23.1 Å². The smallest absolute Gasteiger partial charge is 0.283 e. The van der Waals surface area contributed by atoms with Gasteiger partial charge >= 0.3 is 58.5 Å². The molecule has 0 aromatic rings. The third-order valence-electron chi connectivity index (χ3n) is 1.50. The van der Waals surface area contributed by atoms with Crippen molar-refractivity contribution in [2.45, 2.75) is 39.0 Å². The van der Waals surface area contributed by atoms with Gasteiger partial charge in [-0.15, -0.1) is 0 Å². The van der Waals surface area contributed by atoms with Crippen LogP contribution in [0.2, 0.25) is 0 Å². The molecule has 21 heavy (non-hydrogen) atoms. The zero-order valence-corrected chi connectivity index (χ0v) is 12.6. The molecule has 0 rings (SSSR count). The SMILES string of the molecule is CC(=[OH+])CC(=[OH+])C(F)(F)F.CC(=[OH+])CC(=[OH+])C(F)(F)F.[Mg+2]. The summed E-state index contributed by atoms with van der Waals surface area (Å²) in [5.41, 5.74) is 0. The Balaban J connectivity index is -0.000000295. The van der Waals surface area contributed by atoms with E-state index >= 15 is 0 Å². The van der Waals surface area contributed by atoms with Gasteiger partial charge in [-0.2, -0.15) is 26.3 Å². The van der Waals surface area contributed by atoms with Crippen molar-refractivity contribution in [2.75, 3.05) is 0 Å². The van der Waals surface area contributed by atoms with E-state index in [9.17, 15) is 26.3 Å². The van der Waals surface area contributed by atoms with E-state index in [1.54, 1.807) is 0 Å². The third-order valence-corrected chi connectivity index (χ3v) is 1.50. The molecule has 0 spiro atoms. The van der Waals surface area contributed by atoms with Crippen molar-refractivity contribution >= 4 is 46.2 Å². The van der Waals surface area contributed by atoms with E-state index in [0.717, 1.165) is 13.8 Å². The maximum absolute atomic E-state index is 11.4. The first-order valence-corrected chi connectivity index (χ1v) is 4.94. The second kappa shape index (κ2) is 9.87. The fourth-order valence-corrected chi connectivity index (χ4v) is 0.685. The molecule has 0 saturated carbocycles. The van der Waals surface area contributed by atoms with Crippen LogP contribution in [0.25, 0.3) is 0 Å². The van der Waals surface area contributed by atoms with Gasteiger partial charge < -0.3 is 0 Å². The first kappa shape index (κ1) is 25.0. The van der Waals surface area contributed by atoms with Crippen molar-refractivity contribution in [1.82, 2.24) is 0 Å². The van der Waals surface area contributed by atoms with Crippen LogP contribution in [-0.2, 0) is 0 Å². The number of hydrogen-bond acceptors (Lipinski definition) is 0. The summed E-state index contributed by atoms with van der Waals surface area (Å²) in [4.78, 5) is 33.0. The van der Waals surface area contributed by atoms with Gasteiger partial charge in [-0.25, -0.2) is 0 Å². The number of halogens is 6. The van der Waals surface area contributed by atoms with Gasteiger partial charge in [0.25, 0.3) is 0 Å². The molecule has 0 aliphatic rings. The number of carbonyl (C=O) groups excluding carboxylic acids is 4. The van der Waals surface area contributed by atoms with Crippen LogP contribution in [0, 0.1) is 0 Å². The molecule has 0 aromatic carbocycles. The molecule has 0 aliphatic carbocycles. The second-order valence-corrected chi connectivity index (χ2v) is 3.71. The Morgan fingerprint density at radius 1 is 0.667 bits per heavy atom. The summed E-state index contributed by atoms with van der Waals surface area (Å²) < 4.78 is 68.4. The minimum absolute atomic E-state index is 0. The summed E-state index contributed by atoms with van der Waals surface area (Å²) in [5, 5.41) is 0. The second-order valence-electron chi connectivity index (χ2n) is 3.71. The monoisotopic (exact) mass is 336 g/mol. The zero-order chi connectivity index (χ0) is 16.7. The Bertz CT molecular complexity index is 361. The van der Waals surface area contributed by atoms with E-state index in [4.69, 9.17) is 19.2 Å². The van der Waals surface area contributed by atoms with Crippen LogP contribution in [0.5, 0.6) is 0 Å². The van der Waals surface area contributed by atoms with Crippen molar-refractivity contribution < 1.29 is 45.5 Å². The molecular weight excluding hydrogens is 322 g/mol. The van der Waals surface area contributed by atoms with Crippen LogP contribution >= 0.6 is 0 Å². The minimum Gasteiger partial charge on any atom is -0.283 e. The summed E-state index contributed by atoms with van der Waals surface area (Å²) in [6, 6.07) is 0. The van der Waals surface area contributed by atoms with E-state index in [0.29, 0.717) is 0 Å². The molecule has 0 aromatic heterocycles. The van der Waals surface area contributed by atoms with Crippen LogP contribution < -0.4 is 0 Å². The number of hydrogen-bond donors (Lipinski definition) is 0. The third kappa shape index (κ3) is 15.2. The molecule has 4 N–H and O–H groups in total. The van der Waals surface area contributed by atoms with Crippen molar-refractivity contribution in [3.05, 3.63) is 0 Å². The van der Waals surface area contributed by atoms with Crippen molar-refractivity contribution in [2.24, 2.45) is 0 Å². The van der Waals surface area contributed by atoms with Crippen LogP contribution in [-0.4, -0.2) is 77.7 Å². The summed E-state index contributed by atoms with van der Waals surface area (Å²) in [5.74, 6) is -4.27.